The standard InChI is InChI=1S/C12H20N2O3S/c1-11(15)9-13-7-8-14-18(16,17)10-12-5-3-2-4-6-12/h2-6,11,13-15H,7-10H2,1H3. The van der Waals surface area contributed by atoms with Crippen molar-refractivity contribution in [2.24, 2.45) is 0 Å². The normalized spacial score (nSPS) is 13.4. The molecule has 0 heterocycles. The number of rotatable bonds is 8. The minimum atomic E-state index is -3.29. The van der Waals surface area contributed by atoms with Crippen molar-refractivity contribution in [3.05, 3.63) is 35.9 Å². The number of hydrogen-bond acceptors (Lipinski definition) is 4. The summed E-state index contributed by atoms with van der Waals surface area (Å²) in [6.07, 6.45) is -0.425. The van der Waals surface area contributed by atoms with Crippen molar-refractivity contribution < 1.29 is 13.5 Å². The molecule has 5 nitrogen and oxygen atoms in total. The van der Waals surface area contributed by atoms with E-state index in [2.05, 4.69) is 10.0 Å². The molecular weight excluding hydrogens is 252 g/mol. The lowest BCUT2D eigenvalue weighted by Crippen LogP contribution is -2.35. The number of benzene rings is 1. The zero-order valence-electron chi connectivity index (χ0n) is 10.5. The summed E-state index contributed by atoms with van der Waals surface area (Å²) in [6.45, 7) is 2.95. The van der Waals surface area contributed by atoms with Crippen molar-refractivity contribution in [2.45, 2.75) is 18.8 Å². The minimum absolute atomic E-state index is 0.00968. The van der Waals surface area contributed by atoms with Gasteiger partial charge in [0.15, 0.2) is 0 Å². The Morgan fingerprint density at radius 3 is 2.50 bits per heavy atom. The lowest BCUT2D eigenvalue weighted by molar-refractivity contribution is 0.192. The number of sulfonamides is 1. The van der Waals surface area contributed by atoms with Gasteiger partial charge in [-0.3, -0.25) is 0 Å². The van der Waals surface area contributed by atoms with Gasteiger partial charge in [-0.15, -0.1) is 0 Å². The average Bonchev–Trinajstić information content (AvgIpc) is 2.28. The van der Waals surface area contributed by atoms with E-state index in [-0.39, 0.29) is 5.75 Å². The molecule has 0 aliphatic rings. The van der Waals surface area contributed by atoms with Gasteiger partial charge in [0.25, 0.3) is 0 Å². The van der Waals surface area contributed by atoms with Crippen molar-refractivity contribution in [1.82, 2.24) is 10.0 Å². The van der Waals surface area contributed by atoms with Crippen LogP contribution in [0.3, 0.4) is 0 Å². The van der Waals surface area contributed by atoms with Crippen LogP contribution >= 0.6 is 0 Å². The number of nitrogens with one attached hydrogen (secondary N) is 2. The van der Waals surface area contributed by atoms with E-state index >= 15 is 0 Å². The molecular formula is C12H20N2O3S. The van der Waals surface area contributed by atoms with Crippen LogP contribution < -0.4 is 10.0 Å². The van der Waals surface area contributed by atoms with Crippen molar-refractivity contribution in [2.75, 3.05) is 19.6 Å². The van der Waals surface area contributed by atoms with Crippen LogP contribution in [0.4, 0.5) is 0 Å². The molecule has 0 fully saturated rings. The van der Waals surface area contributed by atoms with E-state index in [1.54, 1.807) is 19.1 Å². The van der Waals surface area contributed by atoms with Gasteiger partial charge in [-0.2, -0.15) is 0 Å². The zero-order chi connectivity index (χ0) is 13.4. The highest BCUT2D eigenvalue weighted by Crippen LogP contribution is 2.03. The maximum absolute atomic E-state index is 11.7. The van der Waals surface area contributed by atoms with Gasteiger partial charge in [-0.05, 0) is 12.5 Å². The second-order valence-corrected chi connectivity index (χ2v) is 6.00. The highest BCUT2D eigenvalue weighted by molar-refractivity contribution is 7.88. The van der Waals surface area contributed by atoms with Gasteiger partial charge in [0, 0.05) is 19.6 Å². The number of aliphatic hydroxyl groups is 1. The number of aliphatic hydroxyl groups excluding tert-OH is 1. The average molecular weight is 272 g/mol. The Bertz CT molecular complexity index is 432. The van der Waals surface area contributed by atoms with Crippen LogP contribution in [0.2, 0.25) is 0 Å². The molecule has 3 N–H and O–H groups in total. The molecule has 0 aliphatic heterocycles. The Morgan fingerprint density at radius 1 is 1.22 bits per heavy atom. The summed E-state index contributed by atoms with van der Waals surface area (Å²) < 4.78 is 25.9. The van der Waals surface area contributed by atoms with Gasteiger partial charge in [-0.25, -0.2) is 13.1 Å². The smallest absolute Gasteiger partial charge is 0.215 e. The molecule has 0 spiro atoms. The molecule has 1 unspecified atom stereocenters. The van der Waals surface area contributed by atoms with E-state index in [9.17, 15) is 8.42 Å². The molecule has 1 aromatic carbocycles. The van der Waals surface area contributed by atoms with Gasteiger partial charge in [-0.1, -0.05) is 30.3 Å². The van der Waals surface area contributed by atoms with Crippen LogP contribution in [-0.4, -0.2) is 39.3 Å². The molecule has 1 rings (SSSR count). The van der Waals surface area contributed by atoms with Crippen LogP contribution in [0.1, 0.15) is 12.5 Å². The quantitative estimate of drug-likeness (QED) is 0.586. The van der Waals surface area contributed by atoms with Gasteiger partial charge in [0.1, 0.15) is 0 Å². The van der Waals surface area contributed by atoms with Gasteiger partial charge < -0.3 is 10.4 Å². The third-order valence-corrected chi connectivity index (χ3v) is 3.62. The zero-order valence-corrected chi connectivity index (χ0v) is 11.3. The fourth-order valence-electron chi connectivity index (χ4n) is 1.45. The maximum atomic E-state index is 11.7. The molecule has 1 atom stereocenters. The largest absolute Gasteiger partial charge is 0.392 e. The molecule has 0 bridgehead atoms. The Kier molecular flexibility index (Phi) is 6.28. The summed E-state index contributed by atoms with van der Waals surface area (Å²) in [5.41, 5.74) is 0.766. The lowest BCUT2D eigenvalue weighted by Gasteiger charge is -2.09. The highest BCUT2D eigenvalue weighted by Gasteiger charge is 2.10. The van der Waals surface area contributed by atoms with Crippen LogP contribution in [-0.2, 0) is 15.8 Å². The SMILES string of the molecule is CC(O)CNCCNS(=O)(=O)Cc1ccccc1. The third kappa shape index (κ3) is 6.70. The summed E-state index contributed by atoms with van der Waals surface area (Å²) in [7, 11) is -3.29. The highest BCUT2D eigenvalue weighted by atomic mass is 32.2. The van der Waals surface area contributed by atoms with E-state index in [4.69, 9.17) is 5.11 Å². The molecule has 0 saturated heterocycles. The van der Waals surface area contributed by atoms with Crippen molar-refractivity contribution in [3.63, 3.8) is 0 Å². The predicted octanol–water partition coefficient (Wildman–Crippen LogP) is 0.0764. The fraction of sp³-hybridized carbons (Fsp3) is 0.500. The predicted molar refractivity (Wildman–Crippen MR) is 71.6 cm³/mol. The first-order valence-electron chi connectivity index (χ1n) is 5.89. The monoisotopic (exact) mass is 272 g/mol. The van der Waals surface area contributed by atoms with E-state index < -0.39 is 16.1 Å². The maximum Gasteiger partial charge on any atom is 0.215 e. The molecule has 102 valence electrons. The van der Waals surface area contributed by atoms with E-state index in [0.717, 1.165) is 5.56 Å². The molecule has 6 heteroatoms. The minimum Gasteiger partial charge on any atom is -0.392 e. The summed E-state index contributed by atoms with van der Waals surface area (Å²) >= 11 is 0. The first-order valence-corrected chi connectivity index (χ1v) is 7.55. The van der Waals surface area contributed by atoms with Crippen LogP contribution in [0, 0.1) is 0 Å². The van der Waals surface area contributed by atoms with Crippen LogP contribution in [0.5, 0.6) is 0 Å². The molecule has 18 heavy (non-hydrogen) atoms. The molecule has 0 saturated carbocycles. The van der Waals surface area contributed by atoms with Crippen LogP contribution in [0.25, 0.3) is 0 Å². The molecule has 0 aromatic heterocycles. The van der Waals surface area contributed by atoms with E-state index in [0.29, 0.717) is 19.6 Å². The van der Waals surface area contributed by atoms with E-state index in [1.165, 1.54) is 0 Å². The molecule has 0 aliphatic carbocycles. The van der Waals surface area contributed by atoms with Crippen molar-refractivity contribution >= 4 is 10.0 Å². The summed E-state index contributed by atoms with van der Waals surface area (Å²) in [5, 5.41) is 11.9. The van der Waals surface area contributed by atoms with Gasteiger partial charge in [0.05, 0.1) is 11.9 Å². The van der Waals surface area contributed by atoms with Gasteiger partial charge in [0.2, 0.25) is 10.0 Å². The lowest BCUT2D eigenvalue weighted by atomic mass is 10.2. The summed E-state index contributed by atoms with van der Waals surface area (Å²) in [5.74, 6) is -0.00968. The topological polar surface area (TPSA) is 78.4 Å². The number of hydrogen-bond donors (Lipinski definition) is 3. The van der Waals surface area contributed by atoms with Crippen LogP contribution in [0.15, 0.2) is 30.3 Å². The Morgan fingerprint density at radius 2 is 1.89 bits per heavy atom. The summed E-state index contributed by atoms with van der Waals surface area (Å²) in [4.78, 5) is 0. The first kappa shape index (κ1) is 15.1. The Labute approximate surface area is 108 Å². The Balaban J connectivity index is 2.28. The molecule has 0 amide bonds. The second-order valence-electron chi connectivity index (χ2n) is 4.19. The molecule has 0 radical (unpaired) electrons. The molecule has 1 aromatic rings. The fourth-order valence-corrected chi connectivity index (χ4v) is 2.60. The Hall–Kier alpha value is -0.950. The van der Waals surface area contributed by atoms with Crippen molar-refractivity contribution in [1.29, 1.82) is 0 Å². The summed E-state index contributed by atoms with van der Waals surface area (Å²) in [6, 6.07) is 9.05. The first-order chi connectivity index (χ1) is 8.49. The van der Waals surface area contributed by atoms with Gasteiger partial charge >= 0.3 is 0 Å². The van der Waals surface area contributed by atoms with Crippen molar-refractivity contribution in [3.8, 4) is 0 Å². The third-order valence-electron chi connectivity index (χ3n) is 2.26. The van der Waals surface area contributed by atoms with E-state index in [1.807, 2.05) is 18.2 Å². The second kappa shape index (κ2) is 7.48.